The number of nitrogens with zero attached hydrogens (tertiary/aromatic N) is 3. The fourth-order valence-electron chi connectivity index (χ4n) is 3.53. The molecule has 0 aromatic carbocycles. The lowest BCUT2D eigenvalue weighted by atomic mass is 9.96. The van der Waals surface area contributed by atoms with E-state index in [0.717, 1.165) is 25.7 Å². The van der Waals surface area contributed by atoms with E-state index in [4.69, 9.17) is 0 Å². The summed E-state index contributed by atoms with van der Waals surface area (Å²) in [5.74, 6) is -1.77. The van der Waals surface area contributed by atoms with Crippen LogP contribution in [0.2, 0.25) is 0 Å². The van der Waals surface area contributed by atoms with E-state index in [0.29, 0.717) is 16.9 Å². The number of aromatic amines is 1. The topological polar surface area (TPSA) is 184 Å². The number of ketones is 1. The van der Waals surface area contributed by atoms with E-state index >= 15 is 0 Å². The van der Waals surface area contributed by atoms with Crippen LogP contribution in [0.3, 0.4) is 0 Å². The van der Waals surface area contributed by atoms with E-state index in [9.17, 15) is 27.9 Å². The zero-order valence-corrected chi connectivity index (χ0v) is 18.6. The number of Topliss-reactive ketones (excluding diaryl/α,β-unsaturated/α-hetero) is 1. The SMILES string of the molecule is O=C(Nc1nc(C(=O)O)c(S(=O)(=O)c2ncc[nH]2)s1)Nc1cnccc1C(=O)C1CCCC1. The molecule has 0 saturated heterocycles. The molecule has 0 unspecified atom stereocenters. The van der Waals surface area contributed by atoms with Crippen LogP contribution in [-0.2, 0) is 9.84 Å². The number of carboxylic acid groups (broad SMARTS) is 1. The number of thiazole rings is 1. The van der Waals surface area contributed by atoms with Gasteiger partial charge in [-0.15, -0.1) is 0 Å². The molecule has 1 aliphatic rings. The minimum atomic E-state index is -4.29. The van der Waals surface area contributed by atoms with Crippen molar-refractivity contribution in [3.63, 3.8) is 0 Å². The van der Waals surface area contributed by atoms with E-state index in [1.54, 1.807) is 0 Å². The first-order chi connectivity index (χ1) is 15.8. The Balaban J connectivity index is 1.56. The molecule has 1 aliphatic carbocycles. The van der Waals surface area contributed by atoms with Crippen molar-refractivity contribution in [1.82, 2.24) is 19.9 Å². The fourth-order valence-corrected chi connectivity index (χ4v) is 6.11. The molecule has 0 radical (unpaired) electrons. The smallest absolute Gasteiger partial charge is 0.356 e. The lowest BCUT2D eigenvalue weighted by Crippen LogP contribution is -2.22. The first-order valence-electron chi connectivity index (χ1n) is 9.82. The zero-order chi connectivity index (χ0) is 23.6. The number of carbonyl (C=O) groups is 3. The maximum absolute atomic E-state index is 12.8. The van der Waals surface area contributed by atoms with Gasteiger partial charge in [-0.25, -0.2) is 28.0 Å². The summed E-state index contributed by atoms with van der Waals surface area (Å²) in [6.07, 6.45) is 8.80. The summed E-state index contributed by atoms with van der Waals surface area (Å²) < 4.78 is 24.8. The number of carboxylic acids is 1. The van der Waals surface area contributed by atoms with Gasteiger partial charge in [-0.2, -0.15) is 0 Å². The van der Waals surface area contributed by atoms with Crippen molar-refractivity contribution in [2.24, 2.45) is 5.92 Å². The number of nitrogens with one attached hydrogen (secondary N) is 3. The molecule has 33 heavy (non-hydrogen) atoms. The molecule has 4 rings (SSSR count). The average molecular weight is 491 g/mol. The van der Waals surface area contributed by atoms with E-state index in [2.05, 4.69) is 30.6 Å². The summed E-state index contributed by atoms with van der Waals surface area (Å²) in [5, 5.41) is 13.5. The number of aromatic carboxylic acids is 1. The van der Waals surface area contributed by atoms with Gasteiger partial charge in [-0.3, -0.25) is 15.1 Å². The van der Waals surface area contributed by atoms with Gasteiger partial charge in [0.1, 0.15) is 0 Å². The van der Waals surface area contributed by atoms with Crippen molar-refractivity contribution < 1.29 is 27.9 Å². The van der Waals surface area contributed by atoms with Crippen LogP contribution >= 0.6 is 11.3 Å². The number of imidazole rings is 1. The number of sulfone groups is 1. The Bertz CT molecular complexity index is 1310. The number of anilines is 2. The normalized spacial score (nSPS) is 14.2. The van der Waals surface area contributed by atoms with Crippen LogP contribution in [0.25, 0.3) is 0 Å². The maximum atomic E-state index is 12.8. The van der Waals surface area contributed by atoms with Crippen molar-refractivity contribution in [2.45, 2.75) is 35.0 Å². The fraction of sp³-hybridized carbons (Fsp3) is 0.263. The van der Waals surface area contributed by atoms with E-state index in [-0.39, 0.29) is 22.5 Å². The second kappa shape index (κ2) is 9.07. The zero-order valence-electron chi connectivity index (χ0n) is 16.9. The maximum Gasteiger partial charge on any atom is 0.356 e. The van der Waals surface area contributed by atoms with E-state index < -0.39 is 36.9 Å². The van der Waals surface area contributed by atoms with Gasteiger partial charge in [0.25, 0.3) is 9.84 Å². The number of hydrogen-bond acceptors (Lipinski definition) is 9. The van der Waals surface area contributed by atoms with Gasteiger partial charge in [0.05, 0.1) is 11.9 Å². The molecule has 172 valence electrons. The number of amides is 2. The van der Waals surface area contributed by atoms with E-state index in [1.807, 2.05) is 0 Å². The minimum Gasteiger partial charge on any atom is -0.476 e. The standard InChI is InChI=1S/C19H18N6O6S2/c26-14(10-3-1-2-4-10)11-5-6-20-9-12(11)23-17(29)25-18-24-13(15(27)28)16(32-18)33(30,31)19-21-7-8-22-19/h5-10H,1-4H2,(H,21,22)(H,27,28)(H2,23,24,25,29). The summed E-state index contributed by atoms with van der Waals surface area (Å²) in [4.78, 5) is 50.6. The number of pyridine rings is 1. The molecule has 0 atom stereocenters. The van der Waals surface area contributed by atoms with Crippen molar-refractivity contribution in [3.8, 4) is 0 Å². The molecule has 0 spiro atoms. The number of aromatic nitrogens is 4. The highest BCUT2D eigenvalue weighted by atomic mass is 32.2. The number of rotatable bonds is 7. The summed E-state index contributed by atoms with van der Waals surface area (Å²) in [7, 11) is -4.29. The van der Waals surface area contributed by atoms with Gasteiger partial charge in [0.15, 0.2) is 20.8 Å². The molecule has 14 heteroatoms. The highest BCUT2D eigenvalue weighted by molar-refractivity contribution is 7.93. The highest BCUT2D eigenvalue weighted by Gasteiger charge is 2.32. The second-order valence-corrected chi connectivity index (χ2v) is 10.3. The third-order valence-electron chi connectivity index (χ3n) is 5.05. The molecular formula is C19H18N6O6S2. The summed E-state index contributed by atoms with van der Waals surface area (Å²) >= 11 is 0.468. The Labute approximate surface area is 191 Å². The van der Waals surface area contributed by atoms with Gasteiger partial charge in [-0.1, -0.05) is 24.2 Å². The monoisotopic (exact) mass is 490 g/mol. The molecule has 12 nitrogen and oxygen atoms in total. The highest BCUT2D eigenvalue weighted by Crippen LogP contribution is 2.32. The minimum absolute atomic E-state index is 0.0839. The predicted molar refractivity (Wildman–Crippen MR) is 116 cm³/mol. The van der Waals surface area contributed by atoms with Gasteiger partial charge < -0.3 is 15.4 Å². The molecular weight excluding hydrogens is 472 g/mol. The van der Waals surface area contributed by atoms with Crippen LogP contribution in [0.15, 0.2) is 40.2 Å². The Hall–Kier alpha value is -3.65. The molecule has 2 amide bonds. The van der Waals surface area contributed by atoms with Gasteiger partial charge >= 0.3 is 12.0 Å². The Morgan fingerprint density at radius 1 is 1.15 bits per heavy atom. The van der Waals surface area contributed by atoms with Gasteiger partial charge in [-0.05, 0) is 18.9 Å². The number of urea groups is 1. The van der Waals surface area contributed by atoms with E-state index in [1.165, 1.54) is 30.9 Å². The van der Waals surface area contributed by atoms with Crippen LogP contribution in [0.4, 0.5) is 15.6 Å². The van der Waals surface area contributed by atoms with Crippen LogP contribution in [0.1, 0.15) is 46.5 Å². The number of carbonyl (C=O) groups excluding carboxylic acids is 2. The lowest BCUT2D eigenvalue weighted by molar-refractivity contribution is 0.0687. The molecule has 3 aromatic heterocycles. The van der Waals surface area contributed by atoms with Crippen LogP contribution in [-0.4, -0.2) is 51.2 Å². The summed E-state index contributed by atoms with van der Waals surface area (Å²) in [6, 6.07) is 0.687. The molecule has 1 saturated carbocycles. The second-order valence-electron chi connectivity index (χ2n) is 7.20. The Kier molecular flexibility index (Phi) is 6.20. The number of hydrogen-bond donors (Lipinski definition) is 4. The van der Waals surface area contributed by atoms with Crippen molar-refractivity contribution in [3.05, 3.63) is 42.1 Å². The Morgan fingerprint density at radius 3 is 2.58 bits per heavy atom. The molecule has 4 N–H and O–H groups in total. The molecule has 3 heterocycles. The largest absolute Gasteiger partial charge is 0.476 e. The van der Waals surface area contributed by atoms with Crippen molar-refractivity contribution in [1.29, 1.82) is 0 Å². The average Bonchev–Trinajstić information content (AvgIpc) is 3.55. The molecule has 1 fully saturated rings. The van der Waals surface area contributed by atoms with Gasteiger partial charge in [0, 0.05) is 30.1 Å². The predicted octanol–water partition coefficient (Wildman–Crippen LogP) is 2.81. The third kappa shape index (κ3) is 4.61. The number of H-pyrrole nitrogens is 1. The summed E-state index contributed by atoms with van der Waals surface area (Å²) in [6.45, 7) is 0. The first kappa shape index (κ1) is 22.5. The van der Waals surface area contributed by atoms with Crippen LogP contribution < -0.4 is 10.6 Å². The van der Waals surface area contributed by atoms with Crippen molar-refractivity contribution in [2.75, 3.05) is 10.6 Å². The first-order valence-corrected chi connectivity index (χ1v) is 12.1. The van der Waals surface area contributed by atoms with Crippen molar-refractivity contribution >= 4 is 49.8 Å². The van der Waals surface area contributed by atoms with Gasteiger partial charge in [0.2, 0.25) is 5.16 Å². The summed E-state index contributed by atoms with van der Waals surface area (Å²) in [5.41, 5.74) is -0.242. The molecule has 0 aliphatic heterocycles. The lowest BCUT2D eigenvalue weighted by Gasteiger charge is -2.13. The van der Waals surface area contributed by atoms with Crippen LogP contribution in [0.5, 0.6) is 0 Å². The quantitative estimate of drug-likeness (QED) is 0.361. The molecule has 3 aromatic rings. The molecule has 0 bridgehead atoms. The Morgan fingerprint density at radius 2 is 1.91 bits per heavy atom. The van der Waals surface area contributed by atoms with Crippen LogP contribution in [0, 0.1) is 5.92 Å². The third-order valence-corrected chi connectivity index (χ3v) is 8.14.